The van der Waals surface area contributed by atoms with Gasteiger partial charge in [0.05, 0.1) is 6.10 Å². The molecule has 2 aliphatic carbocycles. The van der Waals surface area contributed by atoms with E-state index < -0.39 is 0 Å². The van der Waals surface area contributed by atoms with Crippen LogP contribution in [0.5, 0.6) is 0 Å². The zero-order valence-electron chi connectivity index (χ0n) is 10.0. The number of allylic oxidation sites excluding steroid dienone is 2. The average molecular weight is 208 g/mol. The fourth-order valence-electron chi connectivity index (χ4n) is 3.54. The molecular formula is C14H24O. The molecule has 2 aliphatic rings. The van der Waals surface area contributed by atoms with Crippen molar-refractivity contribution in [3.63, 3.8) is 0 Å². The third-order valence-electron chi connectivity index (χ3n) is 4.42. The molecule has 2 bridgehead atoms. The molecule has 0 heterocycles. The van der Waals surface area contributed by atoms with Gasteiger partial charge in [-0.05, 0) is 56.3 Å². The lowest BCUT2D eigenvalue weighted by Gasteiger charge is -2.28. The van der Waals surface area contributed by atoms with E-state index in [0.717, 1.165) is 30.1 Å². The molecule has 0 radical (unpaired) electrons. The van der Waals surface area contributed by atoms with Crippen molar-refractivity contribution in [1.82, 2.24) is 0 Å². The van der Waals surface area contributed by atoms with E-state index in [4.69, 9.17) is 0 Å². The third-order valence-corrected chi connectivity index (χ3v) is 4.42. The third kappa shape index (κ3) is 2.44. The summed E-state index contributed by atoms with van der Waals surface area (Å²) < 4.78 is 0. The second-order valence-corrected chi connectivity index (χ2v) is 5.54. The van der Waals surface area contributed by atoms with Gasteiger partial charge in [0, 0.05) is 0 Å². The zero-order valence-corrected chi connectivity index (χ0v) is 10.0. The summed E-state index contributed by atoms with van der Waals surface area (Å²) in [6, 6.07) is 0. The zero-order chi connectivity index (χ0) is 10.8. The summed E-state index contributed by atoms with van der Waals surface area (Å²) in [6.45, 7) is 4.22. The molecule has 0 aliphatic heterocycles. The molecule has 5 unspecified atom stereocenters. The van der Waals surface area contributed by atoms with Gasteiger partial charge in [-0.1, -0.05) is 25.5 Å². The predicted octanol–water partition coefficient (Wildman–Crippen LogP) is 3.39. The smallest absolute Gasteiger partial charge is 0.0512 e. The Morgan fingerprint density at radius 2 is 2.07 bits per heavy atom. The molecule has 5 atom stereocenters. The minimum absolute atomic E-state index is 0.117. The van der Waals surface area contributed by atoms with Crippen molar-refractivity contribution in [2.75, 3.05) is 0 Å². The maximum absolute atomic E-state index is 9.36. The van der Waals surface area contributed by atoms with Crippen LogP contribution in [0.25, 0.3) is 0 Å². The first kappa shape index (κ1) is 11.2. The van der Waals surface area contributed by atoms with Gasteiger partial charge in [0.1, 0.15) is 0 Å². The van der Waals surface area contributed by atoms with E-state index >= 15 is 0 Å². The fourth-order valence-corrected chi connectivity index (χ4v) is 3.54. The largest absolute Gasteiger partial charge is 0.393 e. The van der Waals surface area contributed by atoms with Crippen LogP contribution in [-0.2, 0) is 0 Å². The Morgan fingerprint density at radius 3 is 2.53 bits per heavy atom. The van der Waals surface area contributed by atoms with E-state index in [9.17, 15) is 5.11 Å². The molecule has 1 saturated carbocycles. The summed E-state index contributed by atoms with van der Waals surface area (Å²) in [7, 11) is 0. The van der Waals surface area contributed by atoms with Crippen LogP contribution >= 0.6 is 0 Å². The van der Waals surface area contributed by atoms with E-state index in [-0.39, 0.29) is 6.10 Å². The van der Waals surface area contributed by atoms with Crippen molar-refractivity contribution in [3.8, 4) is 0 Å². The number of aliphatic hydroxyl groups excluding tert-OH is 1. The fraction of sp³-hybridized carbons (Fsp3) is 0.857. The first-order valence-corrected chi connectivity index (χ1v) is 6.57. The normalized spacial score (nSPS) is 37.1. The van der Waals surface area contributed by atoms with E-state index in [1.165, 1.54) is 25.7 Å². The van der Waals surface area contributed by atoms with E-state index in [2.05, 4.69) is 19.1 Å². The highest BCUT2D eigenvalue weighted by molar-refractivity contribution is 5.10. The quantitative estimate of drug-likeness (QED) is 0.687. The van der Waals surface area contributed by atoms with Crippen molar-refractivity contribution < 1.29 is 5.11 Å². The summed E-state index contributed by atoms with van der Waals surface area (Å²) in [5.41, 5.74) is 0. The maximum Gasteiger partial charge on any atom is 0.0512 e. The van der Waals surface area contributed by atoms with Crippen LogP contribution < -0.4 is 0 Å². The minimum atomic E-state index is -0.117. The summed E-state index contributed by atoms with van der Waals surface area (Å²) in [4.78, 5) is 0. The molecule has 1 fully saturated rings. The van der Waals surface area contributed by atoms with Crippen LogP contribution in [0.2, 0.25) is 0 Å². The van der Waals surface area contributed by atoms with Gasteiger partial charge in [0.2, 0.25) is 0 Å². The van der Waals surface area contributed by atoms with Gasteiger partial charge in [-0.3, -0.25) is 0 Å². The average Bonchev–Trinajstić information content (AvgIpc) is 2.79. The Kier molecular flexibility index (Phi) is 3.50. The van der Waals surface area contributed by atoms with Gasteiger partial charge < -0.3 is 5.11 Å². The highest BCUT2D eigenvalue weighted by atomic mass is 16.3. The molecule has 86 valence electrons. The maximum atomic E-state index is 9.36. The topological polar surface area (TPSA) is 20.2 Å². The van der Waals surface area contributed by atoms with Crippen LogP contribution in [0.15, 0.2) is 12.2 Å². The molecule has 15 heavy (non-hydrogen) atoms. The monoisotopic (exact) mass is 208 g/mol. The van der Waals surface area contributed by atoms with E-state index in [1.807, 2.05) is 6.92 Å². The molecular weight excluding hydrogens is 184 g/mol. The number of hydrogen-bond acceptors (Lipinski definition) is 1. The molecule has 0 saturated heterocycles. The molecule has 0 spiro atoms. The summed E-state index contributed by atoms with van der Waals surface area (Å²) >= 11 is 0. The molecule has 0 amide bonds. The van der Waals surface area contributed by atoms with Gasteiger partial charge in [-0.2, -0.15) is 0 Å². The minimum Gasteiger partial charge on any atom is -0.393 e. The molecule has 2 rings (SSSR count). The Balaban J connectivity index is 1.87. The Hall–Kier alpha value is -0.300. The van der Waals surface area contributed by atoms with Crippen molar-refractivity contribution in [2.24, 2.45) is 23.7 Å². The summed E-state index contributed by atoms with van der Waals surface area (Å²) in [5.74, 6) is 3.53. The van der Waals surface area contributed by atoms with Crippen LogP contribution in [0.4, 0.5) is 0 Å². The lowest BCUT2D eigenvalue weighted by atomic mass is 9.78. The molecule has 0 aromatic heterocycles. The number of fused-ring (bicyclic) bond motifs is 2. The van der Waals surface area contributed by atoms with Gasteiger partial charge in [-0.15, -0.1) is 0 Å². The van der Waals surface area contributed by atoms with Crippen LogP contribution in [-0.4, -0.2) is 11.2 Å². The van der Waals surface area contributed by atoms with Crippen molar-refractivity contribution in [2.45, 2.75) is 52.1 Å². The second kappa shape index (κ2) is 4.69. The molecule has 1 heteroatoms. The van der Waals surface area contributed by atoms with Crippen LogP contribution in [0, 0.1) is 23.7 Å². The number of rotatable bonds is 5. The van der Waals surface area contributed by atoms with Gasteiger partial charge >= 0.3 is 0 Å². The predicted molar refractivity (Wildman–Crippen MR) is 63.5 cm³/mol. The standard InChI is InChI=1S/C14H24O/c1-3-12(6-4-10(2)15)14-9-11-5-7-13(14)8-11/h5,7,10-15H,3-4,6,8-9H2,1-2H3. The molecule has 0 aromatic rings. The van der Waals surface area contributed by atoms with Crippen LogP contribution in [0.3, 0.4) is 0 Å². The summed E-state index contributed by atoms with van der Waals surface area (Å²) in [6.07, 6.45) is 11.1. The molecule has 1 N–H and O–H groups in total. The Morgan fingerprint density at radius 1 is 1.27 bits per heavy atom. The second-order valence-electron chi connectivity index (χ2n) is 5.54. The Labute approximate surface area is 93.6 Å². The highest BCUT2D eigenvalue weighted by Gasteiger charge is 2.38. The lowest BCUT2D eigenvalue weighted by molar-refractivity contribution is 0.157. The SMILES string of the molecule is CCC(CCC(C)O)C1CC2C=CC1C2. The molecule has 1 nitrogen and oxygen atoms in total. The van der Waals surface area contributed by atoms with Crippen molar-refractivity contribution in [3.05, 3.63) is 12.2 Å². The first-order chi connectivity index (χ1) is 7.20. The first-order valence-electron chi connectivity index (χ1n) is 6.57. The van der Waals surface area contributed by atoms with E-state index in [0.29, 0.717) is 0 Å². The van der Waals surface area contributed by atoms with Gasteiger partial charge in [0.25, 0.3) is 0 Å². The van der Waals surface area contributed by atoms with Gasteiger partial charge in [-0.25, -0.2) is 0 Å². The highest BCUT2D eigenvalue weighted by Crippen LogP contribution is 2.48. The number of hydrogen-bond donors (Lipinski definition) is 1. The number of aliphatic hydroxyl groups is 1. The van der Waals surface area contributed by atoms with Gasteiger partial charge in [0.15, 0.2) is 0 Å². The van der Waals surface area contributed by atoms with Crippen molar-refractivity contribution in [1.29, 1.82) is 0 Å². The summed E-state index contributed by atoms with van der Waals surface area (Å²) in [5, 5.41) is 9.36. The molecule has 0 aromatic carbocycles. The lowest BCUT2D eigenvalue weighted by Crippen LogP contribution is -2.20. The van der Waals surface area contributed by atoms with Crippen LogP contribution in [0.1, 0.15) is 46.0 Å². The Bertz CT molecular complexity index is 231. The van der Waals surface area contributed by atoms with E-state index in [1.54, 1.807) is 0 Å². The van der Waals surface area contributed by atoms with Crippen molar-refractivity contribution >= 4 is 0 Å².